The molecule has 4 aromatic rings. The topological polar surface area (TPSA) is 101 Å². The summed E-state index contributed by atoms with van der Waals surface area (Å²) in [5.41, 5.74) is 4.87. The average Bonchev–Trinajstić information content (AvgIpc) is 3.22. The Balaban J connectivity index is 0.00000361. The number of halogens is 1. The number of methoxy groups -OCH3 is 1. The molecule has 0 atom stereocenters. The maximum absolute atomic E-state index is 13.4. The number of rotatable bonds is 8. The molecule has 0 fully saturated rings. The second kappa shape index (κ2) is 12.0. The number of esters is 1. The van der Waals surface area contributed by atoms with Gasteiger partial charge in [-0.15, -0.1) is 12.4 Å². The second-order valence-corrected chi connectivity index (χ2v) is 8.07. The van der Waals surface area contributed by atoms with Gasteiger partial charge in [-0.1, -0.05) is 18.2 Å². The van der Waals surface area contributed by atoms with Gasteiger partial charge in [0.25, 0.3) is 5.91 Å². The van der Waals surface area contributed by atoms with Crippen molar-refractivity contribution in [2.24, 2.45) is 0 Å². The molecule has 1 amide bonds. The molecule has 0 spiro atoms. The maximum Gasteiger partial charge on any atom is 0.307 e. The monoisotopic (exact) mass is 503 g/mol. The summed E-state index contributed by atoms with van der Waals surface area (Å²) in [6.07, 6.45) is 5.04. The van der Waals surface area contributed by atoms with Gasteiger partial charge in [-0.25, -0.2) is 9.97 Å². The summed E-state index contributed by atoms with van der Waals surface area (Å²) in [6, 6.07) is 18.5. The molecule has 3 aromatic heterocycles. The summed E-state index contributed by atoms with van der Waals surface area (Å²) in [5, 5.41) is 8.97. The van der Waals surface area contributed by atoms with Crippen molar-refractivity contribution in [2.45, 2.75) is 26.2 Å². The van der Waals surface area contributed by atoms with Crippen molar-refractivity contribution in [1.82, 2.24) is 14.4 Å². The van der Waals surface area contributed by atoms with E-state index >= 15 is 0 Å². The van der Waals surface area contributed by atoms with Gasteiger partial charge in [-0.2, -0.15) is 5.26 Å². The minimum absolute atomic E-state index is 0. The molecule has 0 aliphatic rings. The number of nitrogens with zero attached hydrogens (tertiary/aromatic N) is 5. The molecule has 8 nitrogen and oxygen atoms in total. The van der Waals surface area contributed by atoms with Gasteiger partial charge in [-0.3, -0.25) is 14.5 Å². The van der Waals surface area contributed by atoms with E-state index in [0.717, 1.165) is 29.8 Å². The summed E-state index contributed by atoms with van der Waals surface area (Å²) in [5.74, 6) is -0.205. The number of imidazole rings is 1. The number of nitriles is 1. The van der Waals surface area contributed by atoms with E-state index in [1.807, 2.05) is 41.8 Å². The van der Waals surface area contributed by atoms with Gasteiger partial charge in [0.1, 0.15) is 11.5 Å². The molecule has 0 N–H and O–H groups in total. The van der Waals surface area contributed by atoms with Gasteiger partial charge in [0.15, 0.2) is 0 Å². The van der Waals surface area contributed by atoms with Crippen LogP contribution in [0.2, 0.25) is 0 Å². The normalized spacial score (nSPS) is 10.4. The Hall–Kier alpha value is -4.22. The Morgan fingerprint density at radius 2 is 1.89 bits per heavy atom. The molecule has 0 aliphatic heterocycles. The van der Waals surface area contributed by atoms with Crippen molar-refractivity contribution in [2.75, 3.05) is 18.6 Å². The molecular weight excluding hydrogens is 478 g/mol. The van der Waals surface area contributed by atoms with E-state index in [1.54, 1.807) is 36.5 Å². The molecule has 36 heavy (non-hydrogen) atoms. The third-order valence-electron chi connectivity index (χ3n) is 5.88. The lowest BCUT2D eigenvalue weighted by atomic mass is 10.1. The van der Waals surface area contributed by atoms with Gasteiger partial charge >= 0.3 is 5.97 Å². The number of benzene rings is 1. The molecule has 0 unspecified atom stereocenters. The number of aryl methyl sites for hydroxylation is 3. The number of carbonyl (C=O) groups is 2. The highest BCUT2D eigenvalue weighted by Gasteiger charge is 2.21. The maximum atomic E-state index is 13.4. The van der Waals surface area contributed by atoms with Gasteiger partial charge in [0.05, 0.1) is 30.9 Å². The van der Waals surface area contributed by atoms with E-state index in [-0.39, 0.29) is 31.3 Å². The van der Waals surface area contributed by atoms with Crippen LogP contribution in [0.4, 0.5) is 5.82 Å². The second-order valence-electron chi connectivity index (χ2n) is 8.07. The zero-order valence-electron chi connectivity index (χ0n) is 20.0. The lowest BCUT2D eigenvalue weighted by Crippen LogP contribution is -2.34. The average molecular weight is 504 g/mol. The van der Waals surface area contributed by atoms with Crippen molar-refractivity contribution in [1.29, 1.82) is 5.26 Å². The Labute approximate surface area is 215 Å². The highest BCUT2D eigenvalue weighted by molar-refractivity contribution is 6.06. The largest absolute Gasteiger partial charge is 0.469 e. The number of hydrogen-bond donors (Lipinski definition) is 0. The molecule has 0 saturated heterocycles. The lowest BCUT2D eigenvalue weighted by molar-refractivity contribution is -0.140. The van der Waals surface area contributed by atoms with Crippen LogP contribution in [0.3, 0.4) is 0 Å². The molecule has 3 heterocycles. The molecule has 184 valence electrons. The standard InChI is InChI=1S/C27H25N5O3.ClH/c1-19-23(11-10-20-6-8-21(18-28)9-7-20)30-25-17-22(12-15-31(19)25)27(34)32(16-13-26(33)35-2)24-5-3-4-14-29-24;/h3-9,12,14-15,17H,10-11,13,16H2,1-2H3;1H. The van der Waals surface area contributed by atoms with Crippen LogP contribution in [0.15, 0.2) is 67.0 Å². The molecule has 0 bridgehead atoms. The van der Waals surface area contributed by atoms with E-state index in [2.05, 4.69) is 11.1 Å². The van der Waals surface area contributed by atoms with Crippen LogP contribution < -0.4 is 4.90 Å². The number of pyridine rings is 2. The van der Waals surface area contributed by atoms with Crippen LogP contribution in [0, 0.1) is 18.3 Å². The zero-order chi connectivity index (χ0) is 24.8. The first kappa shape index (κ1) is 26.4. The number of fused-ring (bicyclic) bond motifs is 1. The Kier molecular flexibility index (Phi) is 8.76. The fourth-order valence-corrected chi connectivity index (χ4v) is 3.89. The highest BCUT2D eigenvalue weighted by Crippen LogP contribution is 2.19. The summed E-state index contributed by atoms with van der Waals surface area (Å²) in [7, 11) is 1.32. The molecule has 0 radical (unpaired) electrons. The van der Waals surface area contributed by atoms with Gasteiger partial charge in [0, 0.05) is 30.2 Å². The minimum Gasteiger partial charge on any atom is -0.469 e. The van der Waals surface area contributed by atoms with Crippen molar-refractivity contribution in [3.05, 3.63) is 95.1 Å². The van der Waals surface area contributed by atoms with Crippen molar-refractivity contribution >= 4 is 35.7 Å². The van der Waals surface area contributed by atoms with E-state index in [0.29, 0.717) is 22.6 Å². The third kappa shape index (κ3) is 5.88. The lowest BCUT2D eigenvalue weighted by Gasteiger charge is -2.21. The summed E-state index contributed by atoms with van der Waals surface area (Å²) in [4.78, 5) is 35.7. The fraction of sp³-hybridized carbons (Fsp3) is 0.222. The number of aromatic nitrogens is 3. The first-order valence-corrected chi connectivity index (χ1v) is 11.3. The molecule has 4 rings (SSSR count). The van der Waals surface area contributed by atoms with Crippen LogP contribution in [0.1, 0.15) is 39.3 Å². The molecule has 1 aromatic carbocycles. The van der Waals surface area contributed by atoms with Gasteiger partial charge in [-0.05, 0) is 61.7 Å². The van der Waals surface area contributed by atoms with Crippen LogP contribution in [0.25, 0.3) is 5.65 Å². The highest BCUT2D eigenvalue weighted by atomic mass is 35.5. The zero-order valence-corrected chi connectivity index (χ0v) is 20.9. The number of carbonyl (C=O) groups excluding carboxylic acids is 2. The first-order valence-electron chi connectivity index (χ1n) is 11.3. The third-order valence-corrected chi connectivity index (χ3v) is 5.88. The van der Waals surface area contributed by atoms with Crippen LogP contribution in [-0.4, -0.2) is 39.9 Å². The van der Waals surface area contributed by atoms with E-state index in [1.165, 1.54) is 12.0 Å². The van der Waals surface area contributed by atoms with E-state index in [9.17, 15) is 9.59 Å². The van der Waals surface area contributed by atoms with Crippen molar-refractivity contribution < 1.29 is 14.3 Å². The van der Waals surface area contributed by atoms with Crippen LogP contribution in [-0.2, 0) is 22.4 Å². The molecule has 0 saturated carbocycles. The van der Waals surface area contributed by atoms with Crippen LogP contribution >= 0.6 is 12.4 Å². The number of ether oxygens (including phenoxy) is 1. The predicted octanol–water partition coefficient (Wildman–Crippen LogP) is 4.33. The Morgan fingerprint density at radius 1 is 1.11 bits per heavy atom. The quantitative estimate of drug-likeness (QED) is 0.332. The summed E-state index contributed by atoms with van der Waals surface area (Å²) in [6.45, 7) is 2.16. The number of amides is 1. The smallest absolute Gasteiger partial charge is 0.307 e. The van der Waals surface area contributed by atoms with Gasteiger partial charge < -0.3 is 9.14 Å². The fourth-order valence-electron chi connectivity index (χ4n) is 3.89. The van der Waals surface area contributed by atoms with Gasteiger partial charge in [0.2, 0.25) is 0 Å². The van der Waals surface area contributed by atoms with E-state index in [4.69, 9.17) is 15.0 Å². The Bertz CT molecular complexity index is 1390. The number of hydrogen-bond acceptors (Lipinski definition) is 6. The van der Waals surface area contributed by atoms with Crippen molar-refractivity contribution in [3.8, 4) is 6.07 Å². The SMILES string of the molecule is COC(=O)CCN(C(=O)c1ccn2c(C)c(CCc3ccc(C#N)cc3)nc2c1)c1ccccn1.Cl. The Morgan fingerprint density at radius 3 is 2.56 bits per heavy atom. The molecular formula is C27H26ClN5O3. The summed E-state index contributed by atoms with van der Waals surface area (Å²) >= 11 is 0. The van der Waals surface area contributed by atoms with E-state index < -0.39 is 5.97 Å². The summed E-state index contributed by atoms with van der Waals surface area (Å²) < 4.78 is 6.70. The minimum atomic E-state index is -0.398. The van der Waals surface area contributed by atoms with Crippen LogP contribution in [0.5, 0.6) is 0 Å². The molecule has 0 aliphatic carbocycles. The van der Waals surface area contributed by atoms with Crippen molar-refractivity contribution in [3.63, 3.8) is 0 Å². The number of anilines is 1. The predicted molar refractivity (Wildman–Crippen MR) is 138 cm³/mol. The first-order chi connectivity index (χ1) is 17.0. The molecule has 9 heteroatoms.